The van der Waals surface area contributed by atoms with Crippen molar-refractivity contribution < 1.29 is 19.7 Å². The summed E-state index contributed by atoms with van der Waals surface area (Å²) in [6.45, 7) is 3.02. The van der Waals surface area contributed by atoms with Gasteiger partial charge in [-0.05, 0) is 60.2 Å². The zero-order chi connectivity index (χ0) is 18.5. The maximum Gasteiger partial charge on any atom is 0.331 e. The van der Waals surface area contributed by atoms with Crippen LogP contribution in [0.25, 0.3) is 11.6 Å². The molecule has 1 saturated heterocycles. The maximum atomic E-state index is 11.0. The normalized spacial score (nSPS) is 15.0. The van der Waals surface area contributed by atoms with Crippen molar-refractivity contribution in [2.24, 2.45) is 0 Å². The molecule has 4 heteroatoms. The highest BCUT2D eigenvalue weighted by Crippen LogP contribution is 2.33. The molecule has 1 fully saturated rings. The standard InChI is InChI=1S/C22H22O4/c1-15(22(24)25)14-16-2-4-17(5-3-16)21(19-10-12-26-13-11-19)18-6-8-20(23)9-7-18/h2-9,14,23H,10-13H2,1H3,(H,24,25). The average Bonchev–Trinajstić information content (AvgIpc) is 2.66. The number of carbonyl (C=O) groups is 1. The predicted octanol–water partition coefficient (Wildman–Crippen LogP) is 4.49. The highest BCUT2D eigenvalue weighted by atomic mass is 16.5. The van der Waals surface area contributed by atoms with Crippen molar-refractivity contribution >= 4 is 17.6 Å². The molecule has 2 aromatic rings. The van der Waals surface area contributed by atoms with Gasteiger partial charge in [-0.25, -0.2) is 4.79 Å². The third-order valence-corrected chi connectivity index (χ3v) is 4.53. The molecular weight excluding hydrogens is 328 g/mol. The lowest BCUT2D eigenvalue weighted by atomic mass is 9.89. The molecule has 0 unspecified atom stereocenters. The Morgan fingerprint density at radius 2 is 1.50 bits per heavy atom. The van der Waals surface area contributed by atoms with Crippen molar-refractivity contribution in [1.29, 1.82) is 0 Å². The minimum atomic E-state index is -0.914. The molecule has 0 aromatic heterocycles. The van der Waals surface area contributed by atoms with E-state index in [1.165, 1.54) is 11.1 Å². The lowest BCUT2D eigenvalue weighted by molar-refractivity contribution is -0.132. The fourth-order valence-corrected chi connectivity index (χ4v) is 3.13. The van der Waals surface area contributed by atoms with Crippen LogP contribution in [-0.4, -0.2) is 29.4 Å². The number of phenolic OH excluding ortho intramolecular Hbond substituents is 1. The lowest BCUT2D eigenvalue weighted by Crippen LogP contribution is -2.09. The van der Waals surface area contributed by atoms with Gasteiger partial charge in [-0.1, -0.05) is 42.0 Å². The van der Waals surface area contributed by atoms with E-state index < -0.39 is 5.97 Å². The number of aromatic hydroxyl groups is 1. The Hall–Kier alpha value is -2.85. The summed E-state index contributed by atoms with van der Waals surface area (Å²) in [5, 5.41) is 18.6. The Balaban J connectivity index is 2.01. The van der Waals surface area contributed by atoms with Gasteiger partial charge in [0.2, 0.25) is 0 Å². The molecule has 2 aromatic carbocycles. The molecular formula is C22H22O4. The Kier molecular flexibility index (Phi) is 5.54. The average molecular weight is 350 g/mol. The molecule has 0 saturated carbocycles. The third-order valence-electron chi connectivity index (χ3n) is 4.53. The maximum absolute atomic E-state index is 11.0. The second-order valence-corrected chi connectivity index (χ2v) is 6.39. The number of phenols is 1. The van der Waals surface area contributed by atoms with Gasteiger partial charge in [0.1, 0.15) is 5.75 Å². The summed E-state index contributed by atoms with van der Waals surface area (Å²) >= 11 is 0. The van der Waals surface area contributed by atoms with E-state index in [0.717, 1.165) is 42.7 Å². The van der Waals surface area contributed by atoms with Crippen molar-refractivity contribution in [1.82, 2.24) is 0 Å². The van der Waals surface area contributed by atoms with Gasteiger partial charge in [0.05, 0.1) is 13.2 Å². The van der Waals surface area contributed by atoms with E-state index in [9.17, 15) is 9.90 Å². The molecule has 2 N–H and O–H groups in total. The highest BCUT2D eigenvalue weighted by Gasteiger charge is 2.15. The Bertz CT molecular complexity index is 835. The first-order valence-corrected chi connectivity index (χ1v) is 8.66. The van der Waals surface area contributed by atoms with Gasteiger partial charge in [0.15, 0.2) is 0 Å². The molecule has 4 nitrogen and oxygen atoms in total. The predicted molar refractivity (Wildman–Crippen MR) is 102 cm³/mol. The molecule has 0 bridgehead atoms. The second kappa shape index (κ2) is 8.02. The minimum absolute atomic E-state index is 0.245. The quantitative estimate of drug-likeness (QED) is 0.797. The van der Waals surface area contributed by atoms with Crippen LogP contribution >= 0.6 is 0 Å². The van der Waals surface area contributed by atoms with Crippen LogP contribution < -0.4 is 0 Å². The number of carboxylic acid groups (broad SMARTS) is 1. The number of carboxylic acids is 1. The molecule has 1 aliphatic heterocycles. The van der Waals surface area contributed by atoms with E-state index in [0.29, 0.717) is 5.57 Å². The highest BCUT2D eigenvalue weighted by molar-refractivity contribution is 5.91. The molecule has 0 aliphatic carbocycles. The molecule has 1 heterocycles. The Labute approximate surface area is 153 Å². The van der Waals surface area contributed by atoms with Crippen LogP contribution in [0.4, 0.5) is 0 Å². The van der Waals surface area contributed by atoms with Gasteiger partial charge in [-0.2, -0.15) is 0 Å². The van der Waals surface area contributed by atoms with Gasteiger partial charge in [0, 0.05) is 5.57 Å². The van der Waals surface area contributed by atoms with E-state index in [4.69, 9.17) is 9.84 Å². The Morgan fingerprint density at radius 3 is 2.04 bits per heavy atom. The molecule has 3 rings (SSSR count). The van der Waals surface area contributed by atoms with Gasteiger partial charge in [-0.15, -0.1) is 0 Å². The van der Waals surface area contributed by atoms with E-state index >= 15 is 0 Å². The lowest BCUT2D eigenvalue weighted by Gasteiger charge is -2.21. The zero-order valence-corrected chi connectivity index (χ0v) is 14.7. The molecule has 0 atom stereocenters. The van der Waals surface area contributed by atoms with E-state index in [1.54, 1.807) is 25.1 Å². The topological polar surface area (TPSA) is 66.8 Å². The Morgan fingerprint density at radius 1 is 0.962 bits per heavy atom. The molecule has 134 valence electrons. The van der Waals surface area contributed by atoms with Crippen LogP contribution in [0.15, 0.2) is 59.7 Å². The van der Waals surface area contributed by atoms with Gasteiger partial charge < -0.3 is 14.9 Å². The number of ether oxygens (including phenoxy) is 1. The number of benzene rings is 2. The van der Waals surface area contributed by atoms with Crippen molar-refractivity contribution in [3.05, 3.63) is 76.4 Å². The van der Waals surface area contributed by atoms with Crippen LogP contribution in [0.1, 0.15) is 36.5 Å². The molecule has 0 spiro atoms. The van der Waals surface area contributed by atoms with Crippen molar-refractivity contribution in [2.45, 2.75) is 19.8 Å². The number of hydrogen-bond donors (Lipinski definition) is 2. The first-order chi connectivity index (χ1) is 12.5. The van der Waals surface area contributed by atoms with E-state index in [1.807, 2.05) is 36.4 Å². The van der Waals surface area contributed by atoms with Crippen molar-refractivity contribution in [3.8, 4) is 5.75 Å². The summed E-state index contributed by atoms with van der Waals surface area (Å²) in [6, 6.07) is 15.2. The number of aliphatic carboxylic acids is 1. The number of rotatable bonds is 4. The first kappa shape index (κ1) is 18.0. The minimum Gasteiger partial charge on any atom is -0.508 e. The van der Waals surface area contributed by atoms with Crippen LogP contribution in [0.3, 0.4) is 0 Å². The van der Waals surface area contributed by atoms with Crippen molar-refractivity contribution in [3.63, 3.8) is 0 Å². The molecule has 26 heavy (non-hydrogen) atoms. The zero-order valence-electron chi connectivity index (χ0n) is 14.7. The van der Waals surface area contributed by atoms with Crippen LogP contribution in [0.2, 0.25) is 0 Å². The fourth-order valence-electron chi connectivity index (χ4n) is 3.13. The monoisotopic (exact) mass is 350 g/mol. The molecule has 0 radical (unpaired) electrons. The summed E-state index contributed by atoms with van der Waals surface area (Å²) in [5.41, 5.74) is 5.81. The SMILES string of the molecule is CC(=Cc1ccc(C(=C2CCOCC2)c2ccc(O)cc2)cc1)C(=O)O. The van der Waals surface area contributed by atoms with Crippen LogP contribution in [0.5, 0.6) is 5.75 Å². The van der Waals surface area contributed by atoms with Gasteiger partial charge in [-0.3, -0.25) is 0 Å². The molecule has 0 amide bonds. The van der Waals surface area contributed by atoms with Gasteiger partial charge in [0.25, 0.3) is 0 Å². The van der Waals surface area contributed by atoms with Crippen LogP contribution in [-0.2, 0) is 9.53 Å². The van der Waals surface area contributed by atoms with Crippen LogP contribution in [0, 0.1) is 0 Å². The summed E-state index contributed by atoms with van der Waals surface area (Å²) in [6.07, 6.45) is 3.43. The van der Waals surface area contributed by atoms with E-state index in [2.05, 4.69) is 0 Å². The molecule has 1 aliphatic rings. The second-order valence-electron chi connectivity index (χ2n) is 6.39. The largest absolute Gasteiger partial charge is 0.508 e. The van der Waals surface area contributed by atoms with Crippen molar-refractivity contribution in [2.75, 3.05) is 13.2 Å². The van der Waals surface area contributed by atoms with Gasteiger partial charge >= 0.3 is 5.97 Å². The summed E-state index contributed by atoms with van der Waals surface area (Å²) in [7, 11) is 0. The number of hydrogen-bond acceptors (Lipinski definition) is 3. The summed E-state index contributed by atoms with van der Waals surface area (Å²) in [5.74, 6) is -0.669. The smallest absolute Gasteiger partial charge is 0.331 e. The third kappa shape index (κ3) is 4.21. The van der Waals surface area contributed by atoms with E-state index in [-0.39, 0.29) is 5.75 Å². The first-order valence-electron chi connectivity index (χ1n) is 8.66. The fraction of sp³-hybridized carbons (Fsp3) is 0.227. The summed E-state index contributed by atoms with van der Waals surface area (Å²) < 4.78 is 5.49. The summed E-state index contributed by atoms with van der Waals surface area (Å²) in [4.78, 5) is 11.0.